The van der Waals surface area contributed by atoms with Gasteiger partial charge in [-0.1, -0.05) is 19.3 Å². The van der Waals surface area contributed by atoms with E-state index in [9.17, 15) is 4.79 Å². The van der Waals surface area contributed by atoms with Crippen LogP contribution in [0.3, 0.4) is 0 Å². The van der Waals surface area contributed by atoms with E-state index in [1.807, 2.05) is 0 Å². The molecule has 0 aliphatic heterocycles. The molecule has 3 heteroatoms. The first-order chi connectivity index (χ1) is 5.41. The van der Waals surface area contributed by atoms with Crippen molar-refractivity contribution in [1.29, 1.82) is 0 Å². The van der Waals surface area contributed by atoms with Crippen molar-refractivity contribution in [2.75, 3.05) is 12.5 Å². The number of alkyl halides is 1. The predicted molar refractivity (Wildman–Crippen MR) is 45.5 cm³/mol. The van der Waals surface area contributed by atoms with Crippen molar-refractivity contribution in [2.45, 2.75) is 32.1 Å². The summed E-state index contributed by atoms with van der Waals surface area (Å²) in [6, 6.07) is 0. The second-order valence-corrected chi connectivity index (χ2v) is 2.77. The number of rotatable bonds is 8. The molecule has 2 nitrogen and oxygen atoms in total. The molecule has 0 saturated heterocycles. The number of carbonyl (C=O) groups excluding carboxylic acids is 1. The zero-order chi connectivity index (χ0) is 8.36. The monoisotopic (exact) mass is 177 g/mol. The molecule has 0 unspecified atom stereocenters. The van der Waals surface area contributed by atoms with Crippen LogP contribution in [0.4, 0.5) is 0 Å². The fourth-order valence-electron chi connectivity index (χ4n) is 0.841. The first-order valence-electron chi connectivity index (χ1n) is 3.96. The molecule has 0 aliphatic carbocycles. The molecular formula is C8H14ClO2. The van der Waals surface area contributed by atoms with Crippen molar-refractivity contribution in [1.82, 2.24) is 0 Å². The second kappa shape index (κ2) is 9.76. The largest absolute Gasteiger partial charge is 0.457 e. The van der Waals surface area contributed by atoms with Gasteiger partial charge in [0, 0.05) is 5.88 Å². The summed E-state index contributed by atoms with van der Waals surface area (Å²) in [4.78, 5) is 9.58. The van der Waals surface area contributed by atoms with Gasteiger partial charge in [-0.2, -0.15) is 0 Å². The van der Waals surface area contributed by atoms with E-state index in [1.54, 1.807) is 0 Å². The lowest BCUT2D eigenvalue weighted by Crippen LogP contribution is -1.91. The standard InChI is InChI=1S/C8H14ClO2/c9-6-4-2-1-3-5-7-11-8-10/h1-7H2. The highest BCUT2D eigenvalue weighted by molar-refractivity contribution is 6.17. The summed E-state index contributed by atoms with van der Waals surface area (Å²) in [5.74, 6) is 0.749. The van der Waals surface area contributed by atoms with Crippen molar-refractivity contribution < 1.29 is 9.53 Å². The summed E-state index contributed by atoms with van der Waals surface area (Å²) >= 11 is 5.49. The fourth-order valence-corrected chi connectivity index (χ4v) is 1.03. The predicted octanol–water partition coefficient (Wildman–Crippen LogP) is 2.26. The molecule has 11 heavy (non-hydrogen) atoms. The normalized spacial score (nSPS) is 9.55. The lowest BCUT2D eigenvalue weighted by molar-refractivity contribution is 0.268. The quantitative estimate of drug-likeness (QED) is 0.420. The van der Waals surface area contributed by atoms with Gasteiger partial charge in [-0.05, 0) is 12.8 Å². The van der Waals surface area contributed by atoms with E-state index in [2.05, 4.69) is 4.74 Å². The van der Waals surface area contributed by atoms with Crippen molar-refractivity contribution >= 4 is 18.1 Å². The Hall–Kier alpha value is -0.240. The molecule has 0 bridgehead atoms. The van der Waals surface area contributed by atoms with Crippen molar-refractivity contribution in [3.05, 3.63) is 0 Å². The van der Waals surface area contributed by atoms with Crippen molar-refractivity contribution in [3.8, 4) is 0 Å². The highest BCUT2D eigenvalue weighted by atomic mass is 35.5. The second-order valence-electron chi connectivity index (χ2n) is 2.39. The molecule has 0 aromatic rings. The number of unbranched alkanes of at least 4 members (excludes halogenated alkanes) is 4. The molecule has 0 heterocycles. The van der Waals surface area contributed by atoms with Gasteiger partial charge in [-0.15, -0.1) is 11.6 Å². The molecule has 0 aromatic heterocycles. The minimum Gasteiger partial charge on any atom is -0.457 e. The number of halogens is 1. The Kier molecular flexibility index (Phi) is 9.55. The zero-order valence-corrected chi connectivity index (χ0v) is 7.40. The van der Waals surface area contributed by atoms with Crippen LogP contribution in [0.1, 0.15) is 32.1 Å². The molecule has 0 fully saturated rings. The van der Waals surface area contributed by atoms with Crippen LogP contribution in [0.5, 0.6) is 0 Å². The maximum atomic E-state index is 9.58. The van der Waals surface area contributed by atoms with E-state index in [1.165, 1.54) is 19.3 Å². The molecule has 0 rings (SSSR count). The molecule has 65 valence electrons. The Morgan fingerprint density at radius 1 is 1.09 bits per heavy atom. The topological polar surface area (TPSA) is 26.3 Å². The SMILES string of the molecule is O=[C]OCCCCCCCCl. The number of hydrogen-bond donors (Lipinski definition) is 0. The summed E-state index contributed by atoms with van der Waals surface area (Å²) in [6.07, 6.45) is 5.49. The van der Waals surface area contributed by atoms with Gasteiger partial charge in [0.1, 0.15) is 0 Å². The lowest BCUT2D eigenvalue weighted by atomic mass is 10.2. The van der Waals surface area contributed by atoms with Crippen LogP contribution in [0.15, 0.2) is 0 Å². The fraction of sp³-hybridized carbons (Fsp3) is 0.875. The van der Waals surface area contributed by atoms with E-state index in [4.69, 9.17) is 11.6 Å². The van der Waals surface area contributed by atoms with Crippen LogP contribution in [0.2, 0.25) is 0 Å². The molecule has 0 amide bonds. The van der Waals surface area contributed by atoms with Gasteiger partial charge in [0.25, 0.3) is 0 Å². The van der Waals surface area contributed by atoms with Crippen LogP contribution in [-0.2, 0) is 9.53 Å². The van der Waals surface area contributed by atoms with E-state index >= 15 is 0 Å². The molecule has 1 radical (unpaired) electrons. The highest BCUT2D eigenvalue weighted by Gasteiger charge is 1.89. The third-order valence-electron chi connectivity index (χ3n) is 1.44. The van der Waals surface area contributed by atoms with Gasteiger partial charge in [0.05, 0.1) is 6.61 Å². The van der Waals surface area contributed by atoms with Crippen LogP contribution < -0.4 is 0 Å². The van der Waals surface area contributed by atoms with Crippen molar-refractivity contribution in [3.63, 3.8) is 0 Å². The zero-order valence-electron chi connectivity index (χ0n) is 6.64. The molecule has 0 aliphatic rings. The van der Waals surface area contributed by atoms with E-state index < -0.39 is 0 Å². The van der Waals surface area contributed by atoms with Gasteiger partial charge in [-0.3, -0.25) is 0 Å². The van der Waals surface area contributed by atoms with Gasteiger partial charge < -0.3 is 4.74 Å². The maximum absolute atomic E-state index is 9.58. The Morgan fingerprint density at radius 2 is 1.73 bits per heavy atom. The molecule has 0 spiro atoms. The molecule has 0 N–H and O–H groups in total. The van der Waals surface area contributed by atoms with Crippen LogP contribution in [0.25, 0.3) is 0 Å². The number of ether oxygens (including phenoxy) is 1. The number of hydrogen-bond acceptors (Lipinski definition) is 2. The molecular weight excluding hydrogens is 164 g/mol. The Balaban J connectivity index is 2.74. The highest BCUT2D eigenvalue weighted by Crippen LogP contribution is 2.03. The summed E-state index contributed by atoms with van der Waals surface area (Å²) in [7, 11) is 0. The third kappa shape index (κ3) is 9.76. The van der Waals surface area contributed by atoms with Gasteiger partial charge in [0.15, 0.2) is 0 Å². The van der Waals surface area contributed by atoms with Gasteiger partial charge in [-0.25, -0.2) is 4.79 Å². The summed E-state index contributed by atoms with van der Waals surface area (Å²) < 4.78 is 4.41. The average Bonchev–Trinajstić information content (AvgIpc) is 2.03. The summed E-state index contributed by atoms with van der Waals surface area (Å²) in [6.45, 7) is 1.90. The van der Waals surface area contributed by atoms with Crippen LogP contribution >= 0.6 is 11.6 Å². The smallest absolute Gasteiger partial charge is 0.417 e. The van der Waals surface area contributed by atoms with E-state index in [-0.39, 0.29) is 0 Å². The average molecular weight is 178 g/mol. The maximum Gasteiger partial charge on any atom is 0.417 e. The first kappa shape index (κ1) is 10.8. The third-order valence-corrected chi connectivity index (χ3v) is 1.71. The molecule has 0 atom stereocenters. The minimum atomic E-state index is 0.504. The minimum absolute atomic E-state index is 0.504. The van der Waals surface area contributed by atoms with E-state index in [0.717, 1.165) is 25.1 Å². The Bertz CT molecular complexity index is 86.2. The van der Waals surface area contributed by atoms with Gasteiger partial charge in [0.2, 0.25) is 0 Å². The van der Waals surface area contributed by atoms with Gasteiger partial charge >= 0.3 is 6.47 Å². The summed E-state index contributed by atoms with van der Waals surface area (Å²) in [5.41, 5.74) is 0. The van der Waals surface area contributed by atoms with Crippen molar-refractivity contribution in [2.24, 2.45) is 0 Å². The first-order valence-corrected chi connectivity index (χ1v) is 4.50. The van der Waals surface area contributed by atoms with Crippen LogP contribution in [-0.4, -0.2) is 19.0 Å². The van der Waals surface area contributed by atoms with E-state index in [0.29, 0.717) is 6.61 Å². The Labute approximate surface area is 72.9 Å². The lowest BCUT2D eigenvalue weighted by Gasteiger charge is -1.97. The Morgan fingerprint density at radius 3 is 2.36 bits per heavy atom. The molecule has 0 aromatic carbocycles. The van der Waals surface area contributed by atoms with Crippen LogP contribution in [0, 0.1) is 0 Å². The molecule has 0 saturated carbocycles. The summed E-state index contributed by atoms with van der Waals surface area (Å²) in [5, 5.41) is 0.